The van der Waals surface area contributed by atoms with Gasteiger partial charge in [0.25, 0.3) is 0 Å². The molecule has 2 aromatic carbocycles. The van der Waals surface area contributed by atoms with Crippen LogP contribution in [-0.2, 0) is 4.79 Å². The van der Waals surface area contributed by atoms with Gasteiger partial charge in [0.15, 0.2) is 11.5 Å². The third-order valence-corrected chi connectivity index (χ3v) is 3.69. The van der Waals surface area contributed by atoms with E-state index in [0.717, 1.165) is 5.69 Å². The monoisotopic (exact) mass is 343 g/mol. The molecule has 24 heavy (non-hydrogen) atoms. The van der Waals surface area contributed by atoms with Crippen molar-refractivity contribution < 1.29 is 14.3 Å². The zero-order chi connectivity index (χ0) is 16.9. The molecule has 0 spiro atoms. The highest BCUT2D eigenvalue weighted by atomic mass is 35.5. The number of nitrogens with one attached hydrogen (secondary N) is 2. The van der Waals surface area contributed by atoms with Crippen LogP contribution in [0.4, 0.5) is 11.4 Å². The van der Waals surface area contributed by atoms with E-state index in [0.29, 0.717) is 41.0 Å². The lowest BCUT2D eigenvalue weighted by molar-refractivity contribution is -0.114. The van der Waals surface area contributed by atoms with E-state index in [2.05, 4.69) is 10.6 Å². The third-order valence-electron chi connectivity index (χ3n) is 3.37. The van der Waals surface area contributed by atoms with Gasteiger partial charge in [0.1, 0.15) is 13.2 Å². The lowest BCUT2D eigenvalue weighted by atomic mass is 10.2. The van der Waals surface area contributed by atoms with Crippen molar-refractivity contribution in [1.82, 2.24) is 0 Å². The Morgan fingerprint density at radius 3 is 2.50 bits per heavy atom. The van der Waals surface area contributed by atoms with E-state index in [1.807, 2.05) is 6.07 Å². The van der Waals surface area contributed by atoms with Crippen molar-refractivity contribution in [2.75, 3.05) is 30.4 Å². The summed E-state index contributed by atoms with van der Waals surface area (Å²) in [7, 11) is 0. The molecule has 6 nitrogen and oxygen atoms in total. The average Bonchev–Trinajstić information content (AvgIpc) is 2.61. The average molecular weight is 344 g/mol. The largest absolute Gasteiger partial charge is 0.486 e. The van der Waals surface area contributed by atoms with E-state index < -0.39 is 0 Å². The van der Waals surface area contributed by atoms with Gasteiger partial charge in [0.05, 0.1) is 28.9 Å². The number of hydrogen-bond donors (Lipinski definition) is 2. The summed E-state index contributed by atoms with van der Waals surface area (Å²) in [6.45, 7) is 1.00. The van der Waals surface area contributed by atoms with Crippen molar-refractivity contribution in [3.05, 3.63) is 47.0 Å². The van der Waals surface area contributed by atoms with Crippen LogP contribution in [0.25, 0.3) is 0 Å². The summed E-state index contributed by atoms with van der Waals surface area (Å²) in [4.78, 5) is 12.1. The lowest BCUT2D eigenvalue weighted by Crippen LogP contribution is -2.22. The van der Waals surface area contributed by atoms with Crippen molar-refractivity contribution in [3.8, 4) is 17.6 Å². The molecule has 0 fully saturated rings. The van der Waals surface area contributed by atoms with E-state index in [9.17, 15) is 4.79 Å². The van der Waals surface area contributed by atoms with Gasteiger partial charge in [0, 0.05) is 17.8 Å². The van der Waals surface area contributed by atoms with Gasteiger partial charge < -0.3 is 20.1 Å². The maximum atomic E-state index is 12.1. The molecule has 0 radical (unpaired) electrons. The van der Waals surface area contributed by atoms with Crippen LogP contribution < -0.4 is 20.1 Å². The summed E-state index contributed by atoms with van der Waals surface area (Å²) in [5.74, 6) is 0.874. The number of hydrogen-bond acceptors (Lipinski definition) is 5. The minimum absolute atomic E-state index is 0.0661. The highest BCUT2D eigenvalue weighted by Crippen LogP contribution is 2.37. The van der Waals surface area contributed by atoms with Gasteiger partial charge in [-0.25, -0.2) is 0 Å². The van der Waals surface area contributed by atoms with E-state index in [4.69, 9.17) is 26.3 Å². The Morgan fingerprint density at radius 2 is 1.83 bits per heavy atom. The van der Waals surface area contributed by atoms with Crippen LogP contribution in [0.1, 0.15) is 5.56 Å². The van der Waals surface area contributed by atoms with Crippen molar-refractivity contribution in [2.24, 2.45) is 0 Å². The molecule has 1 heterocycles. The zero-order valence-electron chi connectivity index (χ0n) is 12.6. The van der Waals surface area contributed by atoms with Crippen LogP contribution in [0.3, 0.4) is 0 Å². The predicted molar refractivity (Wildman–Crippen MR) is 90.7 cm³/mol. The Kier molecular flexibility index (Phi) is 4.73. The molecule has 0 bridgehead atoms. The van der Waals surface area contributed by atoms with Gasteiger partial charge in [-0.2, -0.15) is 5.26 Å². The molecular formula is C17H14ClN3O3. The zero-order valence-corrected chi connectivity index (χ0v) is 13.4. The quantitative estimate of drug-likeness (QED) is 0.891. The molecule has 1 aliphatic rings. The summed E-state index contributed by atoms with van der Waals surface area (Å²) < 4.78 is 10.9. The van der Waals surface area contributed by atoms with Gasteiger partial charge in [-0.3, -0.25) is 4.79 Å². The van der Waals surface area contributed by atoms with E-state index in [-0.39, 0.29) is 12.5 Å². The standard InChI is InChI=1S/C17H14ClN3O3/c18-13-7-15-16(24-6-5-23-15)8-14(13)21-17(22)10-20-12-3-1-11(9-19)2-4-12/h1-4,7-8,20H,5-6,10H2,(H,21,22). The molecule has 2 aromatic rings. The summed E-state index contributed by atoms with van der Waals surface area (Å²) in [5.41, 5.74) is 1.78. The Hall–Kier alpha value is -2.91. The molecule has 2 N–H and O–H groups in total. The van der Waals surface area contributed by atoms with Gasteiger partial charge in [-0.1, -0.05) is 11.6 Å². The molecule has 1 aliphatic heterocycles. The molecule has 0 atom stereocenters. The fraction of sp³-hybridized carbons (Fsp3) is 0.176. The molecule has 122 valence electrons. The number of nitriles is 1. The maximum absolute atomic E-state index is 12.1. The maximum Gasteiger partial charge on any atom is 0.243 e. The smallest absolute Gasteiger partial charge is 0.243 e. The predicted octanol–water partition coefficient (Wildman–Crippen LogP) is 3.03. The van der Waals surface area contributed by atoms with Crippen molar-refractivity contribution >= 4 is 28.9 Å². The Balaban J connectivity index is 1.61. The molecule has 0 unspecified atom stereocenters. The van der Waals surface area contributed by atoms with Crippen LogP contribution in [0, 0.1) is 11.3 Å². The second-order valence-electron chi connectivity index (χ2n) is 5.07. The molecule has 7 heteroatoms. The summed E-state index contributed by atoms with van der Waals surface area (Å²) in [6.07, 6.45) is 0. The fourth-order valence-corrected chi connectivity index (χ4v) is 2.40. The van der Waals surface area contributed by atoms with Crippen molar-refractivity contribution in [2.45, 2.75) is 0 Å². The molecule has 0 saturated carbocycles. The van der Waals surface area contributed by atoms with Gasteiger partial charge in [-0.05, 0) is 24.3 Å². The minimum atomic E-state index is -0.252. The number of anilines is 2. The molecule has 0 aromatic heterocycles. The Labute approximate surface area is 143 Å². The van der Waals surface area contributed by atoms with Gasteiger partial charge >= 0.3 is 0 Å². The van der Waals surface area contributed by atoms with Crippen molar-refractivity contribution in [3.63, 3.8) is 0 Å². The second kappa shape index (κ2) is 7.11. The normalized spacial score (nSPS) is 12.2. The number of fused-ring (bicyclic) bond motifs is 1. The number of carbonyl (C=O) groups excluding carboxylic acids is 1. The lowest BCUT2D eigenvalue weighted by Gasteiger charge is -2.20. The number of halogens is 1. The van der Waals surface area contributed by atoms with Gasteiger partial charge in [0.2, 0.25) is 5.91 Å². The Morgan fingerprint density at radius 1 is 1.17 bits per heavy atom. The Bertz CT molecular complexity index is 800. The first-order valence-electron chi connectivity index (χ1n) is 7.29. The first-order valence-corrected chi connectivity index (χ1v) is 7.66. The molecular weight excluding hydrogens is 330 g/mol. The minimum Gasteiger partial charge on any atom is -0.486 e. The van der Waals surface area contributed by atoms with E-state index >= 15 is 0 Å². The topological polar surface area (TPSA) is 83.4 Å². The molecule has 1 amide bonds. The van der Waals surface area contributed by atoms with Crippen LogP contribution >= 0.6 is 11.6 Å². The molecule has 0 aliphatic carbocycles. The first-order chi connectivity index (χ1) is 11.7. The fourth-order valence-electron chi connectivity index (χ4n) is 2.20. The second-order valence-corrected chi connectivity index (χ2v) is 5.47. The molecule has 3 rings (SSSR count). The molecule has 0 saturated heterocycles. The number of rotatable bonds is 4. The SMILES string of the molecule is N#Cc1ccc(NCC(=O)Nc2cc3c(cc2Cl)OCCO3)cc1. The van der Waals surface area contributed by atoms with E-state index in [1.54, 1.807) is 36.4 Å². The number of carbonyl (C=O) groups is 1. The first kappa shape index (κ1) is 16.0. The van der Waals surface area contributed by atoms with Gasteiger partial charge in [-0.15, -0.1) is 0 Å². The number of amides is 1. The number of benzene rings is 2. The highest BCUT2D eigenvalue weighted by Gasteiger charge is 2.16. The van der Waals surface area contributed by atoms with Crippen LogP contribution in [0.2, 0.25) is 5.02 Å². The van der Waals surface area contributed by atoms with Crippen LogP contribution in [0.15, 0.2) is 36.4 Å². The van der Waals surface area contributed by atoms with Crippen LogP contribution in [0.5, 0.6) is 11.5 Å². The van der Waals surface area contributed by atoms with Crippen LogP contribution in [-0.4, -0.2) is 25.7 Å². The number of ether oxygens (including phenoxy) is 2. The third kappa shape index (κ3) is 3.70. The highest BCUT2D eigenvalue weighted by molar-refractivity contribution is 6.34. The summed E-state index contributed by atoms with van der Waals surface area (Å²) in [6, 6.07) is 12.1. The van der Waals surface area contributed by atoms with Crippen molar-refractivity contribution in [1.29, 1.82) is 5.26 Å². The summed E-state index contributed by atoms with van der Waals surface area (Å²) in [5, 5.41) is 14.8. The van der Waals surface area contributed by atoms with E-state index in [1.165, 1.54) is 0 Å². The number of nitrogens with zero attached hydrogens (tertiary/aromatic N) is 1. The summed E-state index contributed by atoms with van der Waals surface area (Å²) >= 11 is 6.15.